The van der Waals surface area contributed by atoms with Crippen LogP contribution in [0.3, 0.4) is 0 Å². The number of amides is 2. The summed E-state index contributed by atoms with van der Waals surface area (Å²) in [4.78, 5) is 18.4. The minimum atomic E-state index is -0.126. The fraction of sp³-hybridized carbons (Fsp3) is 0.333. The summed E-state index contributed by atoms with van der Waals surface area (Å²) in [6.07, 6.45) is 1.66. The summed E-state index contributed by atoms with van der Waals surface area (Å²) in [5.41, 5.74) is 4.57. The fourth-order valence-corrected chi connectivity index (χ4v) is 3.61. The van der Waals surface area contributed by atoms with Crippen LogP contribution in [0.15, 0.2) is 47.0 Å². The standard InChI is InChI=1S/C24H28N4O4/c1-5-31-14-17-7-6-15(2)21(8-17)27-23-25-12-22(32-23)18-9-19(11-20(10-18)30-4)28-13-16(3)26-24(28)29/h6-12,16H,5,13-14H2,1-4H3,(H,25,27)(H,26,29). The Morgan fingerprint density at radius 2 is 2.12 bits per heavy atom. The zero-order chi connectivity index (χ0) is 22.7. The van der Waals surface area contributed by atoms with Crippen LogP contribution in [0.2, 0.25) is 0 Å². The molecule has 0 bridgehead atoms. The van der Waals surface area contributed by atoms with Gasteiger partial charge in [0, 0.05) is 42.2 Å². The Morgan fingerprint density at radius 3 is 2.84 bits per heavy atom. The molecule has 1 aliphatic rings. The number of ether oxygens (including phenoxy) is 2. The average molecular weight is 437 g/mol. The monoisotopic (exact) mass is 436 g/mol. The van der Waals surface area contributed by atoms with E-state index < -0.39 is 0 Å². The number of urea groups is 1. The quantitative estimate of drug-likeness (QED) is 0.524. The molecule has 2 amide bonds. The molecule has 3 aromatic rings. The summed E-state index contributed by atoms with van der Waals surface area (Å²) in [6.45, 7) is 7.78. The van der Waals surface area contributed by atoms with Crippen molar-refractivity contribution in [2.75, 3.05) is 30.5 Å². The normalized spacial score (nSPS) is 15.7. The Labute approximate surface area is 187 Å². The predicted molar refractivity (Wildman–Crippen MR) is 124 cm³/mol. The lowest BCUT2D eigenvalue weighted by Crippen LogP contribution is -2.28. The van der Waals surface area contributed by atoms with E-state index in [-0.39, 0.29) is 12.1 Å². The zero-order valence-electron chi connectivity index (χ0n) is 18.8. The van der Waals surface area contributed by atoms with E-state index in [9.17, 15) is 4.79 Å². The summed E-state index contributed by atoms with van der Waals surface area (Å²) < 4.78 is 16.9. The van der Waals surface area contributed by atoms with Crippen molar-refractivity contribution in [2.24, 2.45) is 0 Å². The second-order valence-electron chi connectivity index (χ2n) is 7.82. The molecule has 8 nitrogen and oxygen atoms in total. The lowest BCUT2D eigenvalue weighted by atomic mass is 10.1. The lowest BCUT2D eigenvalue weighted by molar-refractivity contribution is 0.134. The minimum absolute atomic E-state index is 0.0833. The highest BCUT2D eigenvalue weighted by Crippen LogP contribution is 2.33. The van der Waals surface area contributed by atoms with Crippen molar-refractivity contribution < 1.29 is 18.7 Å². The van der Waals surface area contributed by atoms with Crippen molar-refractivity contribution in [2.45, 2.75) is 33.4 Å². The van der Waals surface area contributed by atoms with Gasteiger partial charge in [0.15, 0.2) is 5.76 Å². The van der Waals surface area contributed by atoms with Crippen molar-refractivity contribution in [3.05, 3.63) is 53.7 Å². The number of hydrogen-bond donors (Lipinski definition) is 2. The van der Waals surface area contributed by atoms with Gasteiger partial charge in [0.25, 0.3) is 6.01 Å². The Kier molecular flexibility index (Phi) is 6.32. The van der Waals surface area contributed by atoms with Gasteiger partial charge in [0.1, 0.15) is 5.75 Å². The van der Waals surface area contributed by atoms with Gasteiger partial charge in [-0.05, 0) is 50.1 Å². The molecule has 1 aliphatic heterocycles. The van der Waals surface area contributed by atoms with Gasteiger partial charge in [-0.15, -0.1) is 0 Å². The van der Waals surface area contributed by atoms with E-state index >= 15 is 0 Å². The second kappa shape index (κ2) is 9.32. The van der Waals surface area contributed by atoms with Gasteiger partial charge in [-0.2, -0.15) is 0 Å². The van der Waals surface area contributed by atoms with Gasteiger partial charge in [-0.1, -0.05) is 12.1 Å². The summed E-state index contributed by atoms with van der Waals surface area (Å²) in [5, 5.41) is 6.16. The van der Waals surface area contributed by atoms with E-state index in [1.54, 1.807) is 18.2 Å². The Bertz CT molecular complexity index is 1110. The first-order valence-electron chi connectivity index (χ1n) is 10.6. The maximum absolute atomic E-state index is 12.3. The predicted octanol–water partition coefficient (Wildman–Crippen LogP) is 4.86. The number of benzene rings is 2. The van der Waals surface area contributed by atoms with Crippen LogP contribution in [0.5, 0.6) is 5.75 Å². The van der Waals surface area contributed by atoms with Crippen LogP contribution in [0.4, 0.5) is 22.2 Å². The third-order valence-corrected chi connectivity index (χ3v) is 5.32. The first-order chi connectivity index (χ1) is 15.5. The van der Waals surface area contributed by atoms with Gasteiger partial charge in [-0.3, -0.25) is 4.90 Å². The number of aryl methyl sites for hydroxylation is 1. The second-order valence-corrected chi connectivity index (χ2v) is 7.82. The highest BCUT2D eigenvalue weighted by atomic mass is 16.5. The highest BCUT2D eigenvalue weighted by Gasteiger charge is 2.27. The van der Waals surface area contributed by atoms with Gasteiger partial charge >= 0.3 is 6.03 Å². The van der Waals surface area contributed by atoms with E-state index in [0.29, 0.717) is 37.3 Å². The van der Waals surface area contributed by atoms with Gasteiger partial charge in [0.05, 0.1) is 19.9 Å². The Balaban J connectivity index is 1.59. The van der Waals surface area contributed by atoms with E-state index in [1.165, 1.54) is 0 Å². The van der Waals surface area contributed by atoms with Crippen molar-refractivity contribution in [3.63, 3.8) is 0 Å². The molecule has 1 unspecified atom stereocenters. The SMILES string of the molecule is CCOCc1ccc(C)c(Nc2ncc(-c3cc(OC)cc(N4CC(C)NC4=O)c3)o2)c1. The molecule has 1 fully saturated rings. The number of carbonyl (C=O) groups is 1. The van der Waals surface area contributed by atoms with Crippen LogP contribution in [-0.2, 0) is 11.3 Å². The summed E-state index contributed by atoms with van der Waals surface area (Å²) >= 11 is 0. The number of rotatable bonds is 8. The smallest absolute Gasteiger partial charge is 0.322 e. The largest absolute Gasteiger partial charge is 0.497 e. The molecule has 2 N–H and O–H groups in total. The Hall–Kier alpha value is -3.52. The molecule has 8 heteroatoms. The van der Waals surface area contributed by atoms with Crippen LogP contribution in [0.25, 0.3) is 11.3 Å². The number of nitrogens with one attached hydrogen (secondary N) is 2. The number of aromatic nitrogens is 1. The summed E-state index contributed by atoms with van der Waals surface area (Å²) in [7, 11) is 1.60. The van der Waals surface area contributed by atoms with Crippen molar-refractivity contribution >= 4 is 23.4 Å². The molecule has 0 aliphatic carbocycles. The van der Waals surface area contributed by atoms with Crippen LogP contribution >= 0.6 is 0 Å². The number of carbonyl (C=O) groups excluding carboxylic acids is 1. The molecule has 2 heterocycles. The summed E-state index contributed by atoms with van der Waals surface area (Å²) in [5.74, 6) is 1.21. The third kappa shape index (κ3) is 4.70. The van der Waals surface area contributed by atoms with Crippen LogP contribution < -0.4 is 20.3 Å². The highest BCUT2D eigenvalue weighted by molar-refractivity contribution is 5.95. The molecule has 4 rings (SSSR count). The third-order valence-electron chi connectivity index (χ3n) is 5.32. The van der Waals surface area contributed by atoms with E-state index in [1.807, 2.05) is 57.2 Å². The average Bonchev–Trinajstić information content (AvgIpc) is 3.39. The molecular weight excluding hydrogens is 408 g/mol. The molecule has 32 heavy (non-hydrogen) atoms. The zero-order valence-corrected chi connectivity index (χ0v) is 18.8. The van der Waals surface area contributed by atoms with Crippen molar-refractivity contribution in [1.82, 2.24) is 10.3 Å². The first kappa shape index (κ1) is 21.7. The number of anilines is 3. The van der Waals surface area contributed by atoms with Gasteiger partial charge in [-0.25, -0.2) is 9.78 Å². The molecule has 2 aromatic carbocycles. The maximum atomic E-state index is 12.3. The molecule has 0 spiro atoms. The van der Waals surface area contributed by atoms with Crippen LogP contribution in [0, 0.1) is 6.92 Å². The van der Waals surface area contributed by atoms with E-state index in [4.69, 9.17) is 13.9 Å². The number of oxazole rings is 1. The minimum Gasteiger partial charge on any atom is -0.497 e. The summed E-state index contributed by atoms with van der Waals surface area (Å²) in [6, 6.07) is 12.1. The Morgan fingerprint density at radius 1 is 1.28 bits per heavy atom. The van der Waals surface area contributed by atoms with Crippen LogP contribution in [0.1, 0.15) is 25.0 Å². The van der Waals surface area contributed by atoms with Crippen molar-refractivity contribution in [3.8, 4) is 17.1 Å². The molecule has 1 aromatic heterocycles. The molecular formula is C24H28N4O4. The maximum Gasteiger partial charge on any atom is 0.322 e. The number of hydrogen-bond acceptors (Lipinski definition) is 6. The van der Waals surface area contributed by atoms with Gasteiger partial charge in [0.2, 0.25) is 0 Å². The van der Waals surface area contributed by atoms with Crippen molar-refractivity contribution in [1.29, 1.82) is 0 Å². The van der Waals surface area contributed by atoms with E-state index in [0.717, 1.165) is 28.1 Å². The molecule has 1 atom stereocenters. The molecule has 1 saturated heterocycles. The first-order valence-corrected chi connectivity index (χ1v) is 10.6. The number of nitrogens with zero attached hydrogens (tertiary/aromatic N) is 2. The fourth-order valence-electron chi connectivity index (χ4n) is 3.61. The topological polar surface area (TPSA) is 88.9 Å². The molecule has 0 radical (unpaired) electrons. The number of methoxy groups -OCH3 is 1. The van der Waals surface area contributed by atoms with Crippen LogP contribution in [-0.4, -0.2) is 37.3 Å². The molecule has 168 valence electrons. The van der Waals surface area contributed by atoms with Gasteiger partial charge < -0.3 is 24.5 Å². The lowest BCUT2D eigenvalue weighted by Gasteiger charge is -2.16. The molecule has 0 saturated carbocycles. The van der Waals surface area contributed by atoms with E-state index in [2.05, 4.69) is 15.6 Å².